The molecule has 0 radical (unpaired) electrons. The van der Waals surface area contributed by atoms with Gasteiger partial charge in [-0.05, 0) is 65.4 Å². The zero-order valence-electron chi connectivity index (χ0n) is 11.1. The summed E-state index contributed by atoms with van der Waals surface area (Å²) >= 11 is 8.17. The summed E-state index contributed by atoms with van der Waals surface area (Å²) in [5.74, 6) is 0.673. The molecule has 0 spiro atoms. The summed E-state index contributed by atoms with van der Waals surface area (Å²) in [6.45, 7) is 1.86. The summed E-state index contributed by atoms with van der Waals surface area (Å²) in [4.78, 5) is 0. The van der Waals surface area contributed by atoms with Crippen molar-refractivity contribution in [2.45, 2.75) is 25.6 Å². The molecule has 4 heteroatoms. The molecule has 2 aromatic carbocycles. The Morgan fingerprint density at radius 1 is 1.20 bits per heavy atom. The van der Waals surface area contributed by atoms with Crippen LogP contribution in [0.4, 0.5) is 0 Å². The van der Waals surface area contributed by atoms with Crippen molar-refractivity contribution in [1.82, 2.24) is 0 Å². The van der Waals surface area contributed by atoms with Crippen molar-refractivity contribution in [2.75, 3.05) is 0 Å². The van der Waals surface area contributed by atoms with Gasteiger partial charge in [0.15, 0.2) is 0 Å². The first-order chi connectivity index (χ1) is 9.54. The Morgan fingerprint density at radius 2 is 1.90 bits per heavy atom. The molecule has 20 heavy (non-hydrogen) atoms. The Hall–Kier alpha value is -0.780. The highest BCUT2D eigenvalue weighted by molar-refractivity contribution is 14.1. The number of ether oxygens (including phenoxy) is 1. The standard InChI is InChI=1S/C16H16ClIO2/c1-11(20-15-4-2-3-13(17)10-15)16(19)9-12-5-7-14(18)8-6-12/h2-8,10-11,16,19H,9H2,1H3. The van der Waals surface area contributed by atoms with Gasteiger partial charge in [0.1, 0.15) is 11.9 Å². The van der Waals surface area contributed by atoms with Crippen molar-refractivity contribution in [3.63, 3.8) is 0 Å². The number of benzene rings is 2. The van der Waals surface area contributed by atoms with Crippen LogP contribution >= 0.6 is 34.2 Å². The number of hydrogen-bond acceptors (Lipinski definition) is 2. The van der Waals surface area contributed by atoms with E-state index in [0.29, 0.717) is 17.2 Å². The lowest BCUT2D eigenvalue weighted by atomic mass is 10.0. The van der Waals surface area contributed by atoms with E-state index >= 15 is 0 Å². The van der Waals surface area contributed by atoms with Crippen LogP contribution in [0.1, 0.15) is 12.5 Å². The summed E-state index contributed by atoms with van der Waals surface area (Å²) in [5, 5.41) is 10.8. The molecule has 2 atom stereocenters. The highest BCUT2D eigenvalue weighted by Crippen LogP contribution is 2.20. The van der Waals surface area contributed by atoms with E-state index in [9.17, 15) is 5.11 Å². The normalized spacial score (nSPS) is 13.8. The van der Waals surface area contributed by atoms with Crippen molar-refractivity contribution >= 4 is 34.2 Å². The third kappa shape index (κ3) is 4.65. The lowest BCUT2D eigenvalue weighted by molar-refractivity contribution is 0.0479. The first-order valence-corrected chi connectivity index (χ1v) is 7.85. The lowest BCUT2D eigenvalue weighted by Crippen LogP contribution is -2.30. The maximum Gasteiger partial charge on any atom is 0.122 e. The maximum atomic E-state index is 10.2. The third-order valence-electron chi connectivity index (χ3n) is 3.02. The molecule has 0 saturated heterocycles. The Balaban J connectivity index is 1.94. The van der Waals surface area contributed by atoms with Gasteiger partial charge >= 0.3 is 0 Å². The SMILES string of the molecule is CC(Oc1cccc(Cl)c1)C(O)Cc1ccc(I)cc1. The molecule has 0 bridgehead atoms. The minimum Gasteiger partial charge on any atom is -0.488 e. The summed E-state index contributed by atoms with van der Waals surface area (Å²) in [7, 11) is 0. The van der Waals surface area contributed by atoms with Gasteiger partial charge in [-0.3, -0.25) is 0 Å². The predicted octanol–water partition coefficient (Wildman–Crippen LogP) is 4.32. The fraction of sp³-hybridized carbons (Fsp3) is 0.250. The van der Waals surface area contributed by atoms with Crippen LogP contribution in [0.2, 0.25) is 5.02 Å². The van der Waals surface area contributed by atoms with E-state index < -0.39 is 6.10 Å². The van der Waals surface area contributed by atoms with Crippen molar-refractivity contribution in [1.29, 1.82) is 0 Å². The largest absolute Gasteiger partial charge is 0.488 e. The summed E-state index contributed by atoms with van der Waals surface area (Å²) in [6, 6.07) is 15.3. The molecule has 0 aromatic heterocycles. The Labute approximate surface area is 137 Å². The smallest absolute Gasteiger partial charge is 0.122 e. The second kappa shape index (κ2) is 7.29. The van der Waals surface area contributed by atoms with E-state index in [1.54, 1.807) is 12.1 Å². The number of halogens is 2. The second-order valence-corrected chi connectivity index (χ2v) is 6.36. The lowest BCUT2D eigenvalue weighted by Gasteiger charge is -2.20. The van der Waals surface area contributed by atoms with Crippen LogP contribution in [-0.4, -0.2) is 17.3 Å². The molecule has 0 aliphatic heterocycles. The van der Waals surface area contributed by atoms with Gasteiger partial charge in [-0.2, -0.15) is 0 Å². The van der Waals surface area contributed by atoms with Gasteiger partial charge in [0.25, 0.3) is 0 Å². The monoisotopic (exact) mass is 402 g/mol. The summed E-state index contributed by atoms with van der Waals surface area (Å²) in [6.07, 6.45) is -0.291. The summed E-state index contributed by atoms with van der Waals surface area (Å²) < 4.78 is 6.90. The van der Waals surface area contributed by atoms with Gasteiger partial charge in [-0.1, -0.05) is 29.8 Å². The number of rotatable bonds is 5. The van der Waals surface area contributed by atoms with Crippen molar-refractivity contribution in [3.05, 3.63) is 62.7 Å². The molecule has 0 saturated carbocycles. The molecule has 0 amide bonds. The van der Waals surface area contributed by atoms with Crippen LogP contribution in [0.5, 0.6) is 5.75 Å². The van der Waals surface area contributed by atoms with Gasteiger partial charge in [-0.15, -0.1) is 0 Å². The average Bonchev–Trinajstić information content (AvgIpc) is 2.41. The van der Waals surface area contributed by atoms with Crippen LogP contribution in [-0.2, 0) is 6.42 Å². The predicted molar refractivity (Wildman–Crippen MR) is 90.4 cm³/mol. The fourth-order valence-corrected chi connectivity index (χ4v) is 2.40. The minimum absolute atomic E-state index is 0.298. The summed E-state index contributed by atoms with van der Waals surface area (Å²) in [5.41, 5.74) is 1.10. The first-order valence-electron chi connectivity index (χ1n) is 6.39. The van der Waals surface area contributed by atoms with E-state index in [-0.39, 0.29) is 6.10 Å². The molecule has 0 aliphatic rings. The second-order valence-electron chi connectivity index (χ2n) is 4.68. The Bertz CT molecular complexity index is 557. The van der Waals surface area contributed by atoms with Crippen molar-refractivity contribution in [3.8, 4) is 5.75 Å². The van der Waals surface area contributed by atoms with Gasteiger partial charge < -0.3 is 9.84 Å². The van der Waals surface area contributed by atoms with Crippen LogP contribution in [0.3, 0.4) is 0 Å². The zero-order valence-corrected chi connectivity index (χ0v) is 14.0. The van der Waals surface area contributed by atoms with Gasteiger partial charge in [0.05, 0.1) is 6.10 Å². The molecule has 0 heterocycles. The first kappa shape index (κ1) is 15.6. The highest BCUT2D eigenvalue weighted by Gasteiger charge is 2.16. The van der Waals surface area contributed by atoms with Gasteiger partial charge in [0.2, 0.25) is 0 Å². The molecular weight excluding hydrogens is 387 g/mol. The minimum atomic E-state index is -0.561. The maximum absolute atomic E-state index is 10.2. The van der Waals surface area contributed by atoms with E-state index in [2.05, 4.69) is 22.6 Å². The Kier molecular flexibility index (Phi) is 5.69. The van der Waals surface area contributed by atoms with Gasteiger partial charge in [0, 0.05) is 15.0 Å². The molecule has 0 aliphatic carbocycles. The average molecular weight is 403 g/mol. The molecule has 2 nitrogen and oxygen atoms in total. The molecular formula is C16H16ClIO2. The number of aliphatic hydroxyl groups excluding tert-OH is 1. The quantitative estimate of drug-likeness (QED) is 0.755. The van der Waals surface area contributed by atoms with E-state index in [1.807, 2.05) is 43.3 Å². The zero-order chi connectivity index (χ0) is 14.5. The molecule has 106 valence electrons. The fourth-order valence-electron chi connectivity index (χ4n) is 1.86. The molecule has 1 N–H and O–H groups in total. The third-order valence-corrected chi connectivity index (χ3v) is 3.97. The topological polar surface area (TPSA) is 29.5 Å². The number of hydrogen-bond donors (Lipinski definition) is 1. The van der Waals surface area contributed by atoms with E-state index in [4.69, 9.17) is 16.3 Å². The molecule has 2 unspecified atom stereocenters. The van der Waals surface area contributed by atoms with Crippen LogP contribution in [0.15, 0.2) is 48.5 Å². The van der Waals surface area contributed by atoms with Crippen molar-refractivity contribution in [2.24, 2.45) is 0 Å². The number of aliphatic hydroxyl groups is 1. The van der Waals surface area contributed by atoms with Crippen LogP contribution in [0, 0.1) is 3.57 Å². The molecule has 2 aromatic rings. The van der Waals surface area contributed by atoms with Gasteiger partial charge in [-0.25, -0.2) is 0 Å². The molecule has 2 rings (SSSR count). The van der Waals surface area contributed by atoms with Crippen molar-refractivity contribution < 1.29 is 9.84 Å². The van der Waals surface area contributed by atoms with Crippen LogP contribution < -0.4 is 4.74 Å². The highest BCUT2D eigenvalue weighted by atomic mass is 127. The molecule has 0 fully saturated rings. The van der Waals surface area contributed by atoms with E-state index in [0.717, 1.165) is 5.56 Å². The Morgan fingerprint density at radius 3 is 2.55 bits per heavy atom. The van der Waals surface area contributed by atoms with E-state index in [1.165, 1.54) is 3.57 Å². The van der Waals surface area contributed by atoms with Crippen LogP contribution in [0.25, 0.3) is 0 Å².